The summed E-state index contributed by atoms with van der Waals surface area (Å²) in [5.41, 5.74) is 0.378. The highest BCUT2D eigenvalue weighted by molar-refractivity contribution is 7.89. The first kappa shape index (κ1) is 16.4. The Morgan fingerprint density at radius 1 is 1.21 bits per heavy atom. The van der Waals surface area contributed by atoms with Gasteiger partial charge in [0.2, 0.25) is 15.9 Å². The van der Waals surface area contributed by atoms with Gasteiger partial charge in [0.1, 0.15) is 22.6 Å². The van der Waals surface area contributed by atoms with E-state index in [1.807, 2.05) is 6.07 Å². The molecule has 124 valence electrons. The van der Waals surface area contributed by atoms with Crippen molar-refractivity contribution >= 4 is 10.0 Å². The van der Waals surface area contributed by atoms with E-state index >= 15 is 0 Å². The number of nitrogens with zero attached hydrogens (tertiary/aromatic N) is 4. The van der Waals surface area contributed by atoms with E-state index < -0.39 is 10.0 Å². The van der Waals surface area contributed by atoms with Crippen LogP contribution < -0.4 is 4.74 Å². The Morgan fingerprint density at radius 3 is 2.62 bits per heavy atom. The predicted octanol–water partition coefficient (Wildman–Crippen LogP) is 1.58. The average molecular weight is 344 g/mol. The number of piperidine rings is 1. The number of rotatable bonds is 4. The van der Waals surface area contributed by atoms with Crippen molar-refractivity contribution in [1.29, 1.82) is 5.26 Å². The van der Waals surface area contributed by atoms with E-state index in [2.05, 4.69) is 9.97 Å². The molecule has 2 aromatic heterocycles. The van der Waals surface area contributed by atoms with Crippen molar-refractivity contribution in [1.82, 2.24) is 14.3 Å². The normalized spacial score (nSPS) is 16.5. The summed E-state index contributed by atoms with van der Waals surface area (Å²) < 4.78 is 32.3. The maximum Gasteiger partial charge on any atom is 0.244 e. The summed E-state index contributed by atoms with van der Waals surface area (Å²) in [5, 5.41) is 9.06. The number of hydrogen-bond acceptors (Lipinski definition) is 6. The smallest absolute Gasteiger partial charge is 0.244 e. The standard InChI is InChI=1S/C16H16N4O3S/c17-11-13-3-1-8-19-16(13)23-14-5-9-20(10-6-14)24(21,22)15-4-2-7-18-12-15/h1-4,7-8,12,14H,5-6,9-10H2. The molecule has 1 saturated heterocycles. The van der Waals surface area contributed by atoms with Gasteiger partial charge in [-0.25, -0.2) is 13.4 Å². The van der Waals surface area contributed by atoms with Crippen LogP contribution in [0.3, 0.4) is 0 Å². The molecule has 0 radical (unpaired) electrons. The van der Waals surface area contributed by atoms with Crippen LogP contribution >= 0.6 is 0 Å². The lowest BCUT2D eigenvalue weighted by Crippen LogP contribution is -2.41. The maximum atomic E-state index is 12.5. The second kappa shape index (κ2) is 6.95. The van der Waals surface area contributed by atoms with Gasteiger partial charge in [-0.05, 0) is 37.1 Å². The van der Waals surface area contributed by atoms with E-state index in [1.165, 1.54) is 16.6 Å². The third-order valence-corrected chi connectivity index (χ3v) is 5.73. The van der Waals surface area contributed by atoms with E-state index in [-0.39, 0.29) is 11.0 Å². The Kier molecular flexibility index (Phi) is 4.74. The molecular weight excluding hydrogens is 328 g/mol. The molecule has 24 heavy (non-hydrogen) atoms. The first-order valence-electron chi connectivity index (χ1n) is 7.53. The third kappa shape index (κ3) is 3.37. The minimum Gasteiger partial charge on any atom is -0.473 e. The van der Waals surface area contributed by atoms with Crippen LogP contribution in [0.5, 0.6) is 5.88 Å². The summed E-state index contributed by atoms with van der Waals surface area (Å²) in [7, 11) is -3.52. The van der Waals surface area contributed by atoms with E-state index in [4.69, 9.17) is 10.00 Å². The van der Waals surface area contributed by atoms with Crippen LogP contribution in [-0.2, 0) is 10.0 Å². The number of hydrogen-bond donors (Lipinski definition) is 0. The van der Waals surface area contributed by atoms with Crippen molar-refractivity contribution in [2.45, 2.75) is 23.8 Å². The van der Waals surface area contributed by atoms with Gasteiger partial charge >= 0.3 is 0 Å². The van der Waals surface area contributed by atoms with Gasteiger partial charge in [-0.15, -0.1) is 0 Å². The summed E-state index contributed by atoms with van der Waals surface area (Å²) in [4.78, 5) is 8.14. The Labute approximate surface area is 140 Å². The van der Waals surface area contributed by atoms with E-state index in [1.54, 1.807) is 30.6 Å². The summed E-state index contributed by atoms with van der Waals surface area (Å²) in [6.45, 7) is 0.716. The average Bonchev–Trinajstić information content (AvgIpc) is 2.63. The van der Waals surface area contributed by atoms with Gasteiger partial charge in [-0.3, -0.25) is 4.98 Å². The molecule has 7 nitrogen and oxygen atoms in total. The molecular formula is C16H16N4O3S. The molecule has 0 amide bonds. The Balaban J connectivity index is 1.65. The Hall–Kier alpha value is -2.50. The SMILES string of the molecule is N#Cc1cccnc1OC1CCN(S(=O)(=O)c2cccnc2)CC1. The van der Waals surface area contributed by atoms with E-state index in [0.717, 1.165) is 0 Å². The topological polar surface area (TPSA) is 96.2 Å². The number of sulfonamides is 1. The highest BCUT2D eigenvalue weighted by Crippen LogP contribution is 2.23. The molecule has 1 aliphatic heterocycles. The highest BCUT2D eigenvalue weighted by atomic mass is 32.2. The van der Waals surface area contributed by atoms with Crippen LogP contribution in [0.4, 0.5) is 0 Å². The molecule has 0 aliphatic carbocycles. The zero-order chi connectivity index (χ0) is 17.0. The van der Waals surface area contributed by atoms with Crippen molar-refractivity contribution in [2.24, 2.45) is 0 Å². The van der Waals surface area contributed by atoms with Gasteiger partial charge in [-0.1, -0.05) is 0 Å². The monoisotopic (exact) mass is 344 g/mol. The van der Waals surface area contributed by atoms with Crippen LogP contribution in [0.1, 0.15) is 18.4 Å². The van der Waals surface area contributed by atoms with Gasteiger partial charge < -0.3 is 4.74 Å². The lowest BCUT2D eigenvalue weighted by molar-refractivity contribution is 0.129. The molecule has 0 N–H and O–H groups in total. The van der Waals surface area contributed by atoms with Crippen molar-refractivity contribution in [2.75, 3.05) is 13.1 Å². The highest BCUT2D eigenvalue weighted by Gasteiger charge is 2.30. The molecule has 1 fully saturated rings. The van der Waals surface area contributed by atoms with Crippen LogP contribution in [0, 0.1) is 11.3 Å². The number of aromatic nitrogens is 2. The Morgan fingerprint density at radius 2 is 1.96 bits per heavy atom. The molecule has 3 rings (SSSR count). The lowest BCUT2D eigenvalue weighted by atomic mass is 10.1. The summed E-state index contributed by atoms with van der Waals surface area (Å²) in [5.74, 6) is 0.300. The molecule has 0 saturated carbocycles. The number of ether oxygens (including phenoxy) is 1. The maximum absolute atomic E-state index is 12.5. The molecule has 0 bridgehead atoms. The largest absolute Gasteiger partial charge is 0.473 e. The molecule has 0 spiro atoms. The first-order chi connectivity index (χ1) is 11.6. The van der Waals surface area contributed by atoms with Crippen LogP contribution in [-0.4, -0.2) is 41.9 Å². The van der Waals surface area contributed by atoms with Crippen molar-refractivity contribution in [3.63, 3.8) is 0 Å². The molecule has 0 unspecified atom stereocenters. The minimum absolute atomic E-state index is 0.160. The fourth-order valence-corrected chi connectivity index (χ4v) is 4.00. The minimum atomic E-state index is -3.52. The first-order valence-corrected chi connectivity index (χ1v) is 8.97. The van der Waals surface area contributed by atoms with Crippen molar-refractivity contribution in [3.8, 4) is 11.9 Å². The second-order valence-electron chi connectivity index (χ2n) is 5.38. The van der Waals surface area contributed by atoms with Crippen molar-refractivity contribution < 1.29 is 13.2 Å². The number of pyridine rings is 2. The second-order valence-corrected chi connectivity index (χ2v) is 7.32. The zero-order valence-corrected chi connectivity index (χ0v) is 13.7. The fraction of sp³-hybridized carbons (Fsp3) is 0.312. The molecule has 0 atom stereocenters. The van der Waals surface area contributed by atoms with Gasteiger partial charge in [0.25, 0.3) is 0 Å². The van der Waals surface area contributed by atoms with Crippen LogP contribution in [0.15, 0.2) is 47.8 Å². The summed E-state index contributed by atoms with van der Waals surface area (Å²) in [6.07, 6.45) is 5.39. The fourth-order valence-electron chi connectivity index (χ4n) is 2.57. The molecule has 2 aromatic rings. The van der Waals surface area contributed by atoms with Gasteiger partial charge in [0.15, 0.2) is 0 Å². The quantitative estimate of drug-likeness (QED) is 0.835. The number of nitriles is 1. The van der Waals surface area contributed by atoms with Gasteiger partial charge in [0, 0.05) is 31.7 Å². The van der Waals surface area contributed by atoms with Crippen LogP contribution in [0.25, 0.3) is 0 Å². The summed E-state index contributed by atoms with van der Waals surface area (Å²) >= 11 is 0. The lowest BCUT2D eigenvalue weighted by Gasteiger charge is -2.31. The van der Waals surface area contributed by atoms with Crippen LogP contribution in [0.2, 0.25) is 0 Å². The van der Waals surface area contributed by atoms with E-state index in [9.17, 15) is 8.42 Å². The summed E-state index contributed by atoms with van der Waals surface area (Å²) in [6, 6.07) is 8.50. The Bertz CT molecular complexity index is 841. The predicted molar refractivity (Wildman–Crippen MR) is 85.6 cm³/mol. The van der Waals surface area contributed by atoms with E-state index in [0.29, 0.717) is 37.4 Å². The molecule has 3 heterocycles. The third-order valence-electron chi connectivity index (χ3n) is 3.84. The molecule has 0 aromatic carbocycles. The zero-order valence-electron chi connectivity index (χ0n) is 12.9. The molecule has 8 heteroatoms. The van der Waals surface area contributed by atoms with Crippen molar-refractivity contribution in [3.05, 3.63) is 48.4 Å². The molecule has 1 aliphatic rings. The van der Waals surface area contributed by atoms with Gasteiger partial charge in [0.05, 0.1) is 0 Å². The van der Waals surface area contributed by atoms with Gasteiger partial charge in [-0.2, -0.15) is 9.57 Å².